The number of hydrogen-bond acceptors (Lipinski definition) is 5. The molecule has 2 bridgehead atoms. The molecule has 0 spiro atoms. The Hall–Kier alpha value is -2.32. The van der Waals surface area contributed by atoms with Crippen molar-refractivity contribution in [3.05, 3.63) is 52.3 Å². The predicted molar refractivity (Wildman–Crippen MR) is 110 cm³/mol. The summed E-state index contributed by atoms with van der Waals surface area (Å²) in [4.78, 5) is 18.5. The number of alkyl halides is 2. The molecule has 0 amide bonds. The van der Waals surface area contributed by atoms with Crippen LogP contribution in [0, 0.1) is 0 Å². The molecule has 2 aliphatic rings. The lowest BCUT2D eigenvalue weighted by atomic mass is 9.94. The van der Waals surface area contributed by atoms with Gasteiger partial charge in [-0.05, 0) is 31.5 Å². The molecule has 3 heterocycles. The predicted octanol–water partition coefficient (Wildman–Crippen LogP) is 5.65. The zero-order chi connectivity index (χ0) is 21.0. The maximum absolute atomic E-state index is 13.2. The fourth-order valence-corrected chi connectivity index (χ4v) is 6.00. The van der Waals surface area contributed by atoms with Crippen LogP contribution in [0.5, 0.6) is 5.75 Å². The number of halogens is 3. The van der Waals surface area contributed by atoms with Gasteiger partial charge >= 0.3 is 12.6 Å². The maximum atomic E-state index is 13.2. The SMILES string of the molecule is CCOC(=O)c1c(OC(F)F)c(Cl)cc2c1[C@@H]1C[C@@H](CS2)c2nc3ccccc3n21. The van der Waals surface area contributed by atoms with Gasteiger partial charge in [0.2, 0.25) is 0 Å². The van der Waals surface area contributed by atoms with E-state index in [4.69, 9.17) is 26.1 Å². The fourth-order valence-electron chi connectivity index (χ4n) is 4.42. The summed E-state index contributed by atoms with van der Waals surface area (Å²) >= 11 is 7.83. The van der Waals surface area contributed by atoms with Crippen LogP contribution in [0.1, 0.15) is 47.1 Å². The molecule has 0 N–H and O–H groups in total. The molecular weight excluding hydrogens is 434 g/mol. The molecule has 2 aromatic carbocycles. The van der Waals surface area contributed by atoms with E-state index in [2.05, 4.69) is 4.57 Å². The minimum Gasteiger partial charge on any atom is -0.462 e. The van der Waals surface area contributed by atoms with Crippen LogP contribution in [0.15, 0.2) is 35.2 Å². The number of carbonyl (C=O) groups is 1. The number of fused-ring (bicyclic) bond motifs is 9. The Balaban J connectivity index is 1.79. The zero-order valence-corrected chi connectivity index (χ0v) is 17.5. The first-order valence-electron chi connectivity index (χ1n) is 9.57. The molecule has 0 radical (unpaired) electrons. The normalized spacial score (nSPS) is 19.5. The van der Waals surface area contributed by atoms with Crippen molar-refractivity contribution in [2.45, 2.75) is 36.8 Å². The topological polar surface area (TPSA) is 53.4 Å². The molecule has 2 aliphatic heterocycles. The first-order valence-corrected chi connectivity index (χ1v) is 10.9. The Morgan fingerprint density at radius 3 is 2.97 bits per heavy atom. The van der Waals surface area contributed by atoms with Crippen LogP contribution in [0.2, 0.25) is 5.02 Å². The second kappa shape index (κ2) is 7.42. The summed E-state index contributed by atoms with van der Waals surface area (Å²) < 4.78 is 38.4. The molecule has 0 saturated carbocycles. The highest BCUT2D eigenvalue weighted by molar-refractivity contribution is 7.99. The molecule has 0 unspecified atom stereocenters. The van der Waals surface area contributed by atoms with Crippen molar-refractivity contribution in [1.29, 1.82) is 0 Å². The van der Waals surface area contributed by atoms with Gasteiger partial charge in [-0.2, -0.15) is 8.78 Å². The quantitative estimate of drug-likeness (QED) is 0.481. The summed E-state index contributed by atoms with van der Waals surface area (Å²) in [7, 11) is 0. The van der Waals surface area contributed by atoms with Crippen molar-refractivity contribution >= 4 is 40.4 Å². The van der Waals surface area contributed by atoms with E-state index in [0.29, 0.717) is 5.56 Å². The molecule has 2 atom stereocenters. The van der Waals surface area contributed by atoms with Crippen molar-refractivity contribution in [3.63, 3.8) is 0 Å². The van der Waals surface area contributed by atoms with Crippen LogP contribution in [0.3, 0.4) is 0 Å². The van der Waals surface area contributed by atoms with Crippen LogP contribution in [-0.2, 0) is 4.74 Å². The number of nitrogens with zero attached hydrogens (tertiary/aromatic N) is 2. The molecule has 5 rings (SSSR count). The van der Waals surface area contributed by atoms with E-state index < -0.39 is 12.6 Å². The highest BCUT2D eigenvalue weighted by Crippen LogP contribution is 2.53. The Labute approximate surface area is 180 Å². The first-order chi connectivity index (χ1) is 14.5. The third-order valence-electron chi connectivity index (χ3n) is 5.50. The number of rotatable bonds is 4. The van der Waals surface area contributed by atoms with Crippen molar-refractivity contribution in [1.82, 2.24) is 9.55 Å². The monoisotopic (exact) mass is 450 g/mol. The Kier molecular flexibility index (Phi) is 4.86. The van der Waals surface area contributed by atoms with E-state index in [9.17, 15) is 13.6 Å². The average Bonchev–Trinajstić information content (AvgIpc) is 3.18. The van der Waals surface area contributed by atoms with Crippen molar-refractivity contribution in [3.8, 4) is 5.75 Å². The van der Waals surface area contributed by atoms with Gasteiger partial charge in [-0.3, -0.25) is 0 Å². The summed E-state index contributed by atoms with van der Waals surface area (Å²) in [5, 5.41) is -0.0295. The smallest absolute Gasteiger partial charge is 0.387 e. The molecular formula is C21H17ClF2N2O3S. The molecule has 3 aromatic rings. The third kappa shape index (κ3) is 2.96. The van der Waals surface area contributed by atoms with Gasteiger partial charge in [0.25, 0.3) is 0 Å². The van der Waals surface area contributed by atoms with Gasteiger partial charge in [0.1, 0.15) is 11.4 Å². The number of para-hydroxylation sites is 2. The summed E-state index contributed by atoms with van der Waals surface area (Å²) in [6, 6.07) is 9.14. The van der Waals surface area contributed by atoms with E-state index in [1.807, 2.05) is 24.3 Å². The van der Waals surface area contributed by atoms with E-state index >= 15 is 0 Å². The summed E-state index contributed by atoms with van der Waals surface area (Å²) in [6.07, 6.45) is 0.718. The number of aromatic nitrogens is 2. The minimum atomic E-state index is -3.12. The number of carbonyl (C=O) groups excluding carboxylic acids is 1. The largest absolute Gasteiger partial charge is 0.462 e. The van der Waals surface area contributed by atoms with Crippen LogP contribution in [0.4, 0.5) is 8.78 Å². The van der Waals surface area contributed by atoms with Gasteiger partial charge < -0.3 is 14.0 Å². The first kappa shape index (κ1) is 19.6. The van der Waals surface area contributed by atoms with Crippen LogP contribution in [-0.4, -0.2) is 34.5 Å². The van der Waals surface area contributed by atoms with E-state index in [-0.39, 0.29) is 34.9 Å². The standard InChI is InChI=1S/C21H17ClF2N2O3S/c1-2-28-20(27)17-16-14-7-10(19-25-12-5-3-4-6-13(12)26(14)19)9-30-15(16)8-11(22)18(17)29-21(23)24/h3-6,8,10,14,21H,2,7,9H2,1H3/t10-,14-/m0/s1. The second-order valence-corrected chi connectivity index (χ2v) is 8.63. The maximum Gasteiger partial charge on any atom is 0.387 e. The molecule has 30 heavy (non-hydrogen) atoms. The third-order valence-corrected chi connectivity index (χ3v) is 7.00. The second-order valence-electron chi connectivity index (χ2n) is 7.16. The van der Waals surface area contributed by atoms with Crippen molar-refractivity contribution in [2.75, 3.05) is 12.4 Å². The van der Waals surface area contributed by atoms with Crippen molar-refractivity contribution in [2.24, 2.45) is 0 Å². The molecule has 9 heteroatoms. The van der Waals surface area contributed by atoms with E-state index in [1.165, 1.54) is 0 Å². The van der Waals surface area contributed by atoms with Crippen LogP contribution in [0.25, 0.3) is 11.0 Å². The van der Waals surface area contributed by atoms with E-state index in [0.717, 1.165) is 33.9 Å². The fraction of sp³-hybridized carbons (Fsp3) is 0.333. The highest BCUT2D eigenvalue weighted by atomic mass is 35.5. The summed E-state index contributed by atoms with van der Waals surface area (Å²) in [5.41, 5.74) is 2.40. The number of benzene rings is 2. The van der Waals surface area contributed by atoms with Gasteiger partial charge in [-0.1, -0.05) is 23.7 Å². The average molecular weight is 451 g/mol. The van der Waals surface area contributed by atoms with Gasteiger partial charge in [-0.25, -0.2) is 9.78 Å². The summed E-state index contributed by atoms with van der Waals surface area (Å²) in [6.45, 7) is -1.35. The number of ether oxygens (including phenoxy) is 2. The number of imidazole rings is 1. The van der Waals surface area contributed by atoms with Gasteiger partial charge in [0, 0.05) is 22.1 Å². The number of esters is 1. The van der Waals surface area contributed by atoms with Crippen molar-refractivity contribution < 1.29 is 23.0 Å². The lowest BCUT2D eigenvalue weighted by Crippen LogP contribution is -2.18. The Bertz CT molecular complexity index is 1170. The Morgan fingerprint density at radius 2 is 2.20 bits per heavy atom. The molecule has 0 saturated heterocycles. The Morgan fingerprint density at radius 1 is 1.40 bits per heavy atom. The number of hydrogen-bond donors (Lipinski definition) is 0. The van der Waals surface area contributed by atoms with Gasteiger partial charge in [0.15, 0.2) is 5.75 Å². The van der Waals surface area contributed by atoms with Gasteiger partial charge in [-0.15, -0.1) is 11.8 Å². The molecule has 5 nitrogen and oxygen atoms in total. The zero-order valence-electron chi connectivity index (χ0n) is 15.9. The molecule has 1 aromatic heterocycles. The minimum absolute atomic E-state index is 0.0246. The molecule has 0 aliphatic carbocycles. The molecule has 156 valence electrons. The van der Waals surface area contributed by atoms with Gasteiger partial charge in [0.05, 0.1) is 28.7 Å². The lowest BCUT2D eigenvalue weighted by molar-refractivity contribution is -0.0505. The van der Waals surface area contributed by atoms with Crippen LogP contribution >= 0.6 is 23.4 Å². The lowest BCUT2D eigenvalue weighted by Gasteiger charge is -2.23. The van der Waals surface area contributed by atoms with E-state index in [1.54, 1.807) is 24.8 Å². The van der Waals surface area contributed by atoms with Crippen LogP contribution < -0.4 is 4.74 Å². The highest BCUT2D eigenvalue weighted by Gasteiger charge is 2.42. The number of thioether (sulfide) groups is 1. The summed E-state index contributed by atoms with van der Waals surface area (Å²) in [5.74, 6) is 0.818. The molecule has 0 fully saturated rings.